The third kappa shape index (κ3) is 1.61. The highest BCUT2D eigenvalue weighted by molar-refractivity contribution is 5.65. The number of aromatic amines is 1. The predicted octanol–water partition coefficient (Wildman–Crippen LogP) is 1.20. The van der Waals surface area contributed by atoms with Gasteiger partial charge in [0.05, 0.1) is 12.7 Å². The van der Waals surface area contributed by atoms with Gasteiger partial charge in [-0.2, -0.15) is 5.10 Å². The molecule has 0 aliphatic heterocycles. The van der Waals surface area contributed by atoms with Crippen molar-refractivity contribution in [1.82, 2.24) is 15.2 Å². The molecule has 3 N–H and O–H groups in total. The molecular weight excluding hydrogens is 199 g/mol. The summed E-state index contributed by atoms with van der Waals surface area (Å²) < 4.78 is 18.6. The average Bonchev–Trinajstić information content (AvgIpc) is 2.74. The monoisotopic (exact) mass is 208 g/mol. The van der Waals surface area contributed by atoms with Crippen LogP contribution in [0.15, 0.2) is 18.5 Å². The molecule has 0 spiro atoms. The number of rotatable bonds is 2. The smallest absolute Gasteiger partial charge is 0.176 e. The van der Waals surface area contributed by atoms with Crippen molar-refractivity contribution in [2.24, 2.45) is 0 Å². The molecule has 1 heterocycles. The minimum atomic E-state index is -0.511. The van der Waals surface area contributed by atoms with Crippen molar-refractivity contribution in [3.05, 3.63) is 24.3 Å². The van der Waals surface area contributed by atoms with E-state index >= 15 is 0 Å². The normalized spacial score (nSPS) is 10.3. The molecule has 0 aliphatic carbocycles. The number of hydrogen-bond acceptors (Lipinski definition) is 4. The van der Waals surface area contributed by atoms with E-state index in [1.54, 1.807) is 0 Å². The molecule has 6 heteroatoms. The fraction of sp³-hybridized carbons (Fsp3) is 0.111. The number of methoxy groups -OCH3 is 1. The average molecular weight is 208 g/mol. The highest BCUT2D eigenvalue weighted by Gasteiger charge is 2.13. The molecule has 0 fully saturated rings. The summed E-state index contributed by atoms with van der Waals surface area (Å²) in [5.74, 6) is -0.108. The molecule has 0 radical (unpaired) electrons. The Morgan fingerprint density at radius 3 is 2.87 bits per heavy atom. The first kappa shape index (κ1) is 9.45. The van der Waals surface area contributed by atoms with Gasteiger partial charge < -0.3 is 10.5 Å². The van der Waals surface area contributed by atoms with Crippen molar-refractivity contribution in [2.45, 2.75) is 0 Å². The summed E-state index contributed by atoms with van der Waals surface area (Å²) >= 11 is 0. The quantitative estimate of drug-likeness (QED) is 0.727. The van der Waals surface area contributed by atoms with Crippen molar-refractivity contribution in [1.29, 1.82) is 0 Å². The van der Waals surface area contributed by atoms with Crippen molar-refractivity contribution in [3.8, 4) is 17.1 Å². The van der Waals surface area contributed by atoms with Crippen molar-refractivity contribution in [3.63, 3.8) is 0 Å². The van der Waals surface area contributed by atoms with Crippen LogP contribution in [0, 0.1) is 5.82 Å². The van der Waals surface area contributed by atoms with Gasteiger partial charge in [-0.3, -0.25) is 5.10 Å². The number of nitrogens with two attached hydrogens (primary N) is 1. The lowest BCUT2D eigenvalue weighted by Gasteiger charge is -2.06. The van der Waals surface area contributed by atoms with Gasteiger partial charge >= 0.3 is 0 Å². The molecule has 0 unspecified atom stereocenters. The number of anilines is 1. The van der Waals surface area contributed by atoms with E-state index in [2.05, 4.69) is 15.2 Å². The molecule has 1 aromatic heterocycles. The zero-order valence-electron chi connectivity index (χ0n) is 7.99. The lowest BCUT2D eigenvalue weighted by Crippen LogP contribution is -1.96. The molecule has 0 aliphatic rings. The molecule has 2 aromatic rings. The minimum Gasteiger partial charge on any atom is -0.494 e. The number of nitrogens with zero attached hydrogens (tertiary/aromatic N) is 2. The van der Waals surface area contributed by atoms with Gasteiger partial charge in [0.15, 0.2) is 17.4 Å². The maximum absolute atomic E-state index is 13.7. The summed E-state index contributed by atoms with van der Waals surface area (Å²) in [6.07, 6.45) is 1.30. The van der Waals surface area contributed by atoms with Crippen LogP contribution in [0.3, 0.4) is 0 Å². The Morgan fingerprint density at radius 1 is 1.47 bits per heavy atom. The molecule has 1 aromatic carbocycles. The van der Waals surface area contributed by atoms with E-state index in [9.17, 15) is 4.39 Å². The summed E-state index contributed by atoms with van der Waals surface area (Å²) in [5.41, 5.74) is 6.24. The Kier molecular flexibility index (Phi) is 2.24. The zero-order valence-corrected chi connectivity index (χ0v) is 7.99. The number of aromatic nitrogens is 3. The standard InChI is InChI=1S/C9H9FN4O/c1-15-7-3-5(11)2-6(8(7)10)9-12-4-13-14-9/h2-4H,11H2,1H3,(H,12,13,14). The number of benzene rings is 1. The SMILES string of the molecule is COc1cc(N)cc(-c2ncn[nH]2)c1F. The second-order valence-electron chi connectivity index (χ2n) is 2.92. The lowest BCUT2D eigenvalue weighted by molar-refractivity contribution is 0.387. The van der Waals surface area contributed by atoms with Crippen LogP contribution in [0.4, 0.5) is 10.1 Å². The maximum Gasteiger partial charge on any atom is 0.176 e. The third-order valence-corrected chi connectivity index (χ3v) is 1.95. The summed E-state index contributed by atoms with van der Waals surface area (Å²) in [5, 5.41) is 6.20. The van der Waals surface area contributed by atoms with Crippen LogP contribution in [0.1, 0.15) is 0 Å². The van der Waals surface area contributed by atoms with E-state index in [1.165, 1.54) is 25.6 Å². The number of nitrogens with one attached hydrogen (secondary N) is 1. The van der Waals surface area contributed by atoms with Gasteiger partial charge in [-0.15, -0.1) is 0 Å². The fourth-order valence-corrected chi connectivity index (χ4v) is 1.28. The van der Waals surface area contributed by atoms with Crippen molar-refractivity contribution < 1.29 is 9.13 Å². The topological polar surface area (TPSA) is 76.8 Å². The van der Waals surface area contributed by atoms with E-state index in [1.807, 2.05) is 0 Å². The Morgan fingerprint density at radius 2 is 2.27 bits per heavy atom. The summed E-state index contributed by atoms with van der Waals surface area (Å²) in [6.45, 7) is 0. The Labute approximate surface area is 85.1 Å². The number of halogens is 1. The van der Waals surface area contributed by atoms with Crippen molar-refractivity contribution >= 4 is 5.69 Å². The third-order valence-electron chi connectivity index (χ3n) is 1.95. The highest BCUT2D eigenvalue weighted by atomic mass is 19.1. The van der Waals surface area contributed by atoms with Crippen LogP contribution in [-0.2, 0) is 0 Å². The molecule has 0 bridgehead atoms. The molecule has 2 rings (SSSR count). The van der Waals surface area contributed by atoms with Gasteiger partial charge in [-0.05, 0) is 6.07 Å². The molecule has 0 saturated carbocycles. The molecule has 15 heavy (non-hydrogen) atoms. The van der Waals surface area contributed by atoms with E-state index in [4.69, 9.17) is 10.5 Å². The molecular formula is C9H9FN4O. The Balaban J connectivity index is 2.61. The first-order valence-electron chi connectivity index (χ1n) is 4.21. The number of ether oxygens (including phenoxy) is 1. The molecule has 0 saturated heterocycles. The van der Waals surface area contributed by atoms with Gasteiger partial charge in [-0.1, -0.05) is 0 Å². The van der Waals surface area contributed by atoms with Crippen LogP contribution in [0.2, 0.25) is 0 Å². The van der Waals surface area contributed by atoms with Gasteiger partial charge in [0, 0.05) is 11.8 Å². The second kappa shape index (κ2) is 3.56. The first-order chi connectivity index (χ1) is 7.22. The molecule has 5 nitrogen and oxygen atoms in total. The Bertz CT molecular complexity index is 469. The maximum atomic E-state index is 13.7. The molecule has 0 amide bonds. The van der Waals surface area contributed by atoms with Crippen LogP contribution in [0.25, 0.3) is 11.4 Å². The van der Waals surface area contributed by atoms with E-state index in [0.717, 1.165) is 0 Å². The zero-order chi connectivity index (χ0) is 10.8. The number of hydrogen-bond donors (Lipinski definition) is 2. The van der Waals surface area contributed by atoms with Gasteiger partial charge in [-0.25, -0.2) is 9.37 Å². The van der Waals surface area contributed by atoms with E-state index in [-0.39, 0.29) is 11.3 Å². The summed E-state index contributed by atoms with van der Waals surface area (Å²) in [7, 11) is 1.38. The molecule has 78 valence electrons. The van der Waals surface area contributed by atoms with Crippen LogP contribution >= 0.6 is 0 Å². The molecule has 0 atom stereocenters. The van der Waals surface area contributed by atoms with E-state index < -0.39 is 5.82 Å². The van der Waals surface area contributed by atoms with Gasteiger partial charge in [0.2, 0.25) is 0 Å². The van der Waals surface area contributed by atoms with E-state index in [0.29, 0.717) is 11.5 Å². The highest BCUT2D eigenvalue weighted by Crippen LogP contribution is 2.29. The lowest BCUT2D eigenvalue weighted by atomic mass is 10.1. The van der Waals surface area contributed by atoms with Crippen LogP contribution in [0.5, 0.6) is 5.75 Å². The predicted molar refractivity (Wildman–Crippen MR) is 52.7 cm³/mol. The van der Waals surface area contributed by atoms with Crippen LogP contribution < -0.4 is 10.5 Å². The van der Waals surface area contributed by atoms with Crippen molar-refractivity contribution in [2.75, 3.05) is 12.8 Å². The largest absolute Gasteiger partial charge is 0.494 e. The first-order valence-corrected chi connectivity index (χ1v) is 4.21. The fourth-order valence-electron chi connectivity index (χ4n) is 1.28. The second-order valence-corrected chi connectivity index (χ2v) is 2.92. The number of nitrogen functional groups attached to an aromatic ring is 1. The van der Waals surface area contributed by atoms with Crippen LogP contribution in [-0.4, -0.2) is 22.3 Å². The van der Waals surface area contributed by atoms with Gasteiger partial charge in [0.25, 0.3) is 0 Å². The van der Waals surface area contributed by atoms with Gasteiger partial charge in [0.1, 0.15) is 6.33 Å². The minimum absolute atomic E-state index is 0.0846. The summed E-state index contributed by atoms with van der Waals surface area (Å²) in [6, 6.07) is 2.88. The number of H-pyrrole nitrogens is 1. The summed E-state index contributed by atoms with van der Waals surface area (Å²) in [4.78, 5) is 3.85. The Hall–Kier alpha value is -2.11.